The molecule has 1 aromatic heterocycles. The summed E-state index contributed by atoms with van der Waals surface area (Å²) < 4.78 is 3.09. The first-order valence-corrected chi connectivity index (χ1v) is 7.00. The molecule has 0 unspecified atom stereocenters. The minimum absolute atomic E-state index is 0.132. The second-order valence-electron chi connectivity index (χ2n) is 2.84. The molecular formula is C9H3Br4NO. The first-order chi connectivity index (χ1) is 7.02. The Bertz CT molecular complexity index is 556. The van der Waals surface area contributed by atoms with Crippen LogP contribution in [0.25, 0.3) is 10.9 Å². The second kappa shape index (κ2) is 4.31. The Morgan fingerprint density at radius 3 is 2.33 bits per heavy atom. The van der Waals surface area contributed by atoms with E-state index < -0.39 is 0 Å². The molecule has 0 saturated heterocycles. The van der Waals surface area contributed by atoms with E-state index in [0.717, 1.165) is 18.8 Å². The standard InChI is InChI=1S/C9H3Br4NO/c10-3-1-4-5(11)6(12)7(13)9(15)8(4)14-2-3/h1-2,15H. The highest BCUT2D eigenvalue weighted by atomic mass is 79.9. The van der Waals surface area contributed by atoms with Gasteiger partial charge in [-0.3, -0.25) is 4.98 Å². The second-order valence-corrected chi connectivity index (χ2v) is 6.13. The SMILES string of the molecule is Oc1c(Br)c(Br)c(Br)c2cc(Br)cnc12. The first-order valence-electron chi connectivity index (χ1n) is 3.83. The molecule has 0 atom stereocenters. The maximum Gasteiger partial charge on any atom is 0.157 e. The van der Waals surface area contributed by atoms with Gasteiger partial charge in [-0.1, -0.05) is 0 Å². The molecule has 2 rings (SSSR count). The number of phenolic OH excluding ortho intramolecular Hbond substituents is 1. The maximum absolute atomic E-state index is 9.88. The van der Waals surface area contributed by atoms with Crippen LogP contribution in [0.2, 0.25) is 0 Å². The molecule has 0 radical (unpaired) electrons. The molecular weight excluding hydrogens is 458 g/mol. The number of aromatic nitrogens is 1. The third kappa shape index (κ3) is 1.97. The number of hydrogen-bond donors (Lipinski definition) is 1. The van der Waals surface area contributed by atoms with Crippen LogP contribution in [-0.2, 0) is 0 Å². The fourth-order valence-electron chi connectivity index (χ4n) is 1.22. The molecule has 0 aliphatic rings. The number of hydrogen-bond acceptors (Lipinski definition) is 2. The van der Waals surface area contributed by atoms with Gasteiger partial charge in [-0.15, -0.1) is 0 Å². The number of nitrogens with zero attached hydrogens (tertiary/aromatic N) is 1. The quantitative estimate of drug-likeness (QED) is 0.562. The van der Waals surface area contributed by atoms with E-state index >= 15 is 0 Å². The van der Waals surface area contributed by atoms with Crippen LogP contribution in [-0.4, -0.2) is 10.1 Å². The van der Waals surface area contributed by atoms with E-state index in [1.165, 1.54) is 0 Å². The summed E-state index contributed by atoms with van der Waals surface area (Å²) in [6.07, 6.45) is 1.65. The van der Waals surface area contributed by atoms with Crippen molar-refractivity contribution in [3.05, 3.63) is 30.2 Å². The molecule has 6 heteroatoms. The summed E-state index contributed by atoms with van der Waals surface area (Å²) in [4.78, 5) is 4.17. The van der Waals surface area contributed by atoms with Crippen LogP contribution < -0.4 is 0 Å². The van der Waals surface area contributed by atoms with E-state index in [2.05, 4.69) is 68.7 Å². The van der Waals surface area contributed by atoms with E-state index in [4.69, 9.17) is 0 Å². The van der Waals surface area contributed by atoms with Crippen LogP contribution in [0, 0.1) is 0 Å². The Hall–Kier alpha value is 0.350. The topological polar surface area (TPSA) is 33.1 Å². The highest BCUT2D eigenvalue weighted by molar-refractivity contribution is 9.14. The van der Waals surface area contributed by atoms with Gasteiger partial charge in [0, 0.05) is 20.5 Å². The average molecular weight is 461 g/mol. The minimum Gasteiger partial charge on any atom is -0.505 e. The van der Waals surface area contributed by atoms with Gasteiger partial charge in [0.25, 0.3) is 0 Å². The number of rotatable bonds is 0. The lowest BCUT2D eigenvalue weighted by Gasteiger charge is -2.08. The number of phenols is 1. The summed E-state index contributed by atoms with van der Waals surface area (Å²) in [6.45, 7) is 0. The van der Waals surface area contributed by atoms with Gasteiger partial charge >= 0.3 is 0 Å². The van der Waals surface area contributed by atoms with E-state index in [0.29, 0.717) is 9.99 Å². The zero-order chi connectivity index (χ0) is 11.2. The predicted octanol–water partition coefficient (Wildman–Crippen LogP) is 4.99. The minimum atomic E-state index is 0.132. The van der Waals surface area contributed by atoms with Crippen molar-refractivity contribution >= 4 is 74.6 Å². The third-order valence-electron chi connectivity index (χ3n) is 1.91. The van der Waals surface area contributed by atoms with Crippen LogP contribution >= 0.6 is 63.7 Å². The monoisotopic (exact) mass is 457 g/mol. The summed E-state index contributed by atoms with van der Waals surface area (Å²) >= 11 is 13.5. The number of fused-ring (bicyclic) bond motifs is 1. The smallest absolute Gasteiger partial charge is 0.157 e. The molecule has 78 valence electrons. The molecule has 1 aromatic carbocycles. The van der Waals surface area contributed by atoms with E-state index in [9.17, 15) is 5.11 Å². The van der Waals surface area contributed by atoms with Gasteiger partial charge in [0.1, 0.15) is 5.52 Å². The van der Waals surface area contributed by atoms with Gasteiger partial charge in [0.2, 0.25) is 0 Å². The van der Waals surface area contributed by atoms with E-state index in [1.807, 2.05) is 6.07 Å². The Morgan fingerprint density at radius 2 is 1.67 bits per heavy atom. The van der Waals surface area contributed by atoms with Crippen molar-refractivity contribution in [2.75, 3.05) is 0 Å². The molecule has 0 fully saturated rings. The maximum atomic E-state index is 9.88. The van der Waals surface area contributed by atoms with Gasteiger partial charge in [0.15, 0.2) is 5.75 Å². The van der Waals surface area contributed by atoms with Gasteiger partial charge in [-0.05, 0) is 69.8 Å². The lowest BCUT2D eigenvalue weighted by Crippen LogP contribution is -1.85. The Morgan fingerprint density at radius 1 is 1.00 bits per heavy atom. The third-order valence-corrected chi connectivity index (χ3v) is 5.79. The van der Waals surface area contributed by atoms with Crippen LogP contribution in [0.15, 0.2) is 30.2 Å². The van der Waals surface area contributed by atoms with Gasteiger partial charge < -0.3 is 5.11 Å². The number of aromatic hydroxyl groups is 1. The predicted molar refractivity (Wildman–Crippen MR) is 74.2 cm³/mol. The Labute approximate surface area is 120 Å². The Balaban J connectivity index is 3.00. The summed E-state index contributed by atoms with van der Waals surface area (Å²) in [5, 5.41) is 10.7. The zero-order valence-corrected chi connectivity index (χ0v) is 13.4. The fourth-order valence-corrected chi connectivity index (χ4v) is 3.10. The van der Waals surface area contributed by atoms with Gasteiger partial charge in [0.05, 0.1) is 8.95 Å². The van der Waals surface area contributed by atoms with Crippen LogP contribution in [0.4, 0.5) is 0 Å². The molecule has 1 N–H and O–H groups in total. The largest absolute Gasteiger partial charge is 0.505 e. The zero-order valence-electron chi connectivity index (χ0n) is 7.06. The number of benzene rings is 1. The van der Waals surface area contributed by atoms with Crippen LogP contribution in [0.5, 0.6) is 5.75 Å². The van der Waals surface area contributed by atoms with Gasteiger partial charge in [-0.25, -0.2) is 0 Å². The molecule has 1 heterocycles. The summed E-state index contributed by atoms with van der Waals surface area (Å²) in [6, 6.07) is 1.89. The molecule has 0 amide bonds. The highest BCUT2D eigenvalue weighted by Gasteiger charge is 2.15. The molecule has 2 aromatic rings. The van der Waals surface area contributed by atoms with Crippen LogP contribution in [0.3, 0.4) is 0 Å². The van der Waals surface area contributed by atoms with Crippen LogP contribution in [0.1, 0.15) is 0 Å². The van der Waals surface area contributed by atoms with Crippen molar-refractivity contribution in [3.8, 4) is 5.75 Å². The molecule has 0 saturated carbocycles. The van der Waals surface area contributed by atoms with Crippen molar-refractivity contribution in [1.82, 2.24) is 4.98 Å². The molecule has 0 spiro atoms. The normalized spacial score (nSPS) is 10.9. The summed E-state index contributed by atoms with van der Waals surface area (Å²) in [7, 11) is 0. The number of pyridine rings is 1. The van der Waals surface area contributed by atoms with Crippen molar-refractivity contribution in [1.29, 1.82) is 0 Å². The fraction of sp³-hybridized carbons (Fsp3) is 0. The molecule has 0 bridgehead atoms. The lowest BCUT2D eigenvalue weighted by atomic mass is 10.2. The Kier molecular flexibility index (Phi) is 3.40. The van der Waals surface area contributed by atoms with E-state index in [1.54, 1.807) is 6.20 Å². The summed E-state index contributed by atoms with van der Waals surface area (Å²) in [5.74, 6) is 0.132. The molecule has 15 heavy (non-hydrogen) atoms. The van der Waals surface area contributed by atoms with Crippen molar-refractivity contribution in [3.63, 3.8) is 0 Å². The van der Waals surface area contributed by atoms with E-state index in [-0.39, 0.29) is 5.75 Å². The first kappa shape index (κ1) is 11.8. The summed E-state index contributed by atoms with van der Waals surface area (Å²) in [5.41, 5.74) is 0.556. The van der Waals surface area contributed by atoms with Crippen molar-refractivity contribution in [2.24, 2.45) is 0 Å². The highest BCUT2D eigenvalue weighted by Crippen LogP contribution is 2.44. The molecule has 2 nitrogen and oxygen atoms in total. The van der Waals surface area contributed by atoms with Crippen molar-refractivity contribution in [2.45, 2.75) is 0 Å². The number of halogens is 4. The molecule has 0 aliphatic heterocycles. The lowest BCUT2D eigenvalue weighted by molar-refractivity contribution is 0.476. The average Bonchev–Trinajstić information content (AvgIpc) is 2.23. The molecule has 0 aliphatic carbocycles. The van der Waals surface area contributed by atoms with Gasteiger partial charge in [-0.2, -0.15) is 0 Å². The van der Waals surface area contributed by atoms with Crippen molar-refractivity contribution < 1.29 is 5.11 Å².